The smallest absolute Gasteiger partial charge is 0.0878 e. The molecule has 2 atom stereocenters. The first-order chi connectivity index (χ1) is 7.49. The summed E-state index contributed by atoms with van der Waals surface area (Å²) in [5, 5.41) is 19.8. The van der Waals surface area contributed by atoms with Crippen LogP contribution < -0.4 is 0 Å². The topological polar surface area (TPSA) is 40.5 Å². The molecule has 0 aliphatic carbocycles. The molecule has 0 aromatic heterocycles. The molecule has 90 valence electrons. The summed E-state index contributed by atoms with van der Waals surface area (Å²) in [5.41, 5.74) is 1.36. The van der Waals surface area contributed by atoms with Crippen LogP contribution in [0.5, 0.6) is 0 Å². The maximum atomic E-state index is 9.91. The molecule has 2 N–H and O–H groups in total. The van der Waals surface area contributed by atoms with Crippen molar-refractivity contribution in [2.24, 2.45) is 0 Å². The van der Waals surface area contributed by atoms with Crippen LogP contribution in [0.2, 0.25) is 0 Å². The molecule has 0 saturated carbocycles. The summed E-state index contributed by atoms with van der Waals surface area (Å²) >= 11 is 0. The zero-order chi connectivity index (χ0) is 12.2. The van der Waals surface area contributed by atoms with Crippen molar-refractivity contribution >= 4 is 0 Å². The van der Waals surface area contributed by atoms with Gasteiger partial charge in [-0.25, -0.2) is 0 Å². The van der Waals surface area contributed by atoms with Gasteiger partial charge in [-0.05, 0) is 30.9 Å². The predicted molar refractivity (Wildman–Crippen MR) is 66.4 cm³/mol. The largest absolute Gasteiger partial charge is 0.390 e. The molecule has 0 aliphatic heterocycles. The summed E-state index contributed by atoms with van der Waals surface area (Å²) in [4.78, 5) is 0. The van der Waals surface area contributed by atoms with Crippen molar-refractivity contribution in [3.63, 3.8) is 0 Å². The van der Waals surface area contributed by atoms with E-state index >= 15 is 0 Å². The molecule has 2 heteroatoms. The molecular weight excluding hydrogens is 200 g/mol. The van der Waals surface area contributed by atoms with Crippen molar-refractivity contribution in [2.75, 3.05) is 0 Å². The van der Waals surface area contributed by atoms with E-state index in [1.807, 2.05) is 19.1 Å². The Balaban J connectivity index is 2.66. The van der Waals surface area contributed by atoms with Crippen LogP contribution in [-0.2, 0) is 12.8 Å². The SMILES string of the molecule is CCc1ccc(CC(O)C(C)(O)CC)cc1. The van der Waals surface area contributed by atoms with Crippen molar-refractivity contribution < 1.29 is 10.2 Å². The maximum Gasteiger partial charge on any atom is 0.0878 e. The summed E-state index contributed by atoms with van der Waals surface area (Å²) in [7, 11) is 0. The fourth-order valence-corrected chi connectivity index (χ4v) is 1.59. The number of benzene rings is 1. The number of aryl methyl sites for hydroxylation is 1. The number of rotatable bonds is 5. The summed E-state index contributed by atoms with van der Waals surface area (Å²) in [5.74, 6) is 0. The number of hydrogen-bond acceptors (Lipinski definition) is 2. The summed E-state index contributed by atoms with van der Waals surface area (Å²) < 4.78 is 0. The van der Waals surface area contributed by atoms with Crippen LogP contribution in [0, 0.1) is 0 Å². The van der Waals surface area contributed by atoms with Crippen LogP contribution in [0.25, 0.3) is 0 Å². The van der Waals surface area contributed by atoms with Gasteiger partial charge in [0, 0.05) is 6.42 Å². The van der Waals surface area contributed by atoms with Gasteiger partial charge in [-0.1, -0.05) is 38.1 Å². The molecule has 0 bridgehead atoms. The molecule has 0 spiro atoms. The fraction of sp³-hybridized carbons (Fsp3) is 0.571. The third kappa shape index (κ3) is 3.32. The Bertz CT molecular complexity index is 314. The quantitative estimate of drug-likeness (QED) is 0.802. The third-order valence-corrected chi connectivity index (χ3v) is 3.29. The fourth-order valence-electron chi connectivity index (χ4n) is 1.59. The lowest BCUT2D eigenvalue weighted by molar-refractivity contribution is -0.0629. The summed E-state index contributed by atoms with van der Waals surface area (Å²) in [6, 6.07) is 8.19. The van der Waals surface area contributed by atoms with E-state index in [1.54, 1.807) is 6.92 Å². The molecular formula is C14H22O2. The molecule has 1 aromatic carbocycles. The van der Waals surface area contributed by atoms with Gasteiger partial charge in [-0.3, -0.25) is 0 Å². The highest BCUT2D eigenvalue weighted by Crippen LogP contribution is 2.18. The number of aliphatic hydroxyl groups excluding tert-OH is 1. The van der Waals surface area contributed by atoms with Crippen LogP contribution in [0.3, 0.4) is 0 Å². The molecule has 16 heavy (non-hydrogen) atoms. The lowest BCUT2D eigenvalue weighted by atomic mass is 9.91. The minimum Gasteiger partial charge on any atom is -0.390 e. The van der Waals surface area contributed by atoms with Gasteiger partial charge in [0.25, 0.3) is 0 Å². The van der Waals surface area contributed by atoms with E-state index in [1.165, 1.54) is 5.56 Å². The summed E-state index contributed by atoms with van der Waals surface area (Å²) in [6.07, 6.45) is 1.38. The molecule has 0 saturated heterocycles. The maximum absolute atomic E-state index is 9.91. The second-order valence-electron chi connectivity index (χ2n) is 4.60. The van der Waals surface area contributed by atoms with Crippen molar-refractivity contribution in [2.45, 2.75) is 51.7 Å². The van der Waals surface area contributed by atoms with Crippen LogP contribution in [0.1, 0.15) is 38.3 Å². The normalized spacial score (nSPS) is 16.8. The first-order valence-corrected chi connectivity index (χ1v) is 5.97. The average molecular weight is 222 g/mol. The standard InChI is InChI=1S/C14H22O2/c1-4-11-6-8-12(9-7-11)10-13(15)14(3,16)5-2/h6-9,13,15-16H,4-5,10H2,1-3H3. The van der Waals surface area contributed by atoms with Crippen LogP contribution in [0.15, 0.2) is 24.3 Å². The van der Waals surface area contributed by atoms with E-state index in [0.717, 1.165) is 12.0 Å². The van der Waals surface area contributed by atoms with Crippen molar-refractivity contribution in [1.82, 2.24) is 0 Å². The molecule has 2 nitrogen and oxygen atoms in total. The van der Waals surface area contributed by atoms with E-state index in [0.29, 0.717) is 12.8 Å². The average Bonchev–Trinajstić information content (AvgIpc) is 2.30. The van der Waals surface area contributed by atoms with Gasteiger partial charge < -0.3 is 10.2 Å². The van der Waals surface area contributed by atoms with Gasteiger partial charge >= 0.3 is 0 Å². The van der Waals surface area contributed by atoms with Gasteiger partial charge in [0.1, 0.15) is 0 Å². The Kier molecular flexibility index (Phi) is 4.51. The van der Waals surface area contributed by atoms with E-state index in [-0.39, 0.29) is 0 Å². The third-order valence-electron chi connectivity index (χ3n) is 3.29. The molecule has 2 unspecified atom stereocenters. The van der Waals surface area contributed by atoms with Crippen molar-refractivity contribution in [3.05, 3.63) is 35.4 Å². The summed E-state index contributed by atoms with van der Waals surface area (Å²) in [6.45, 7) is 5.67. The van der Waals surface area contributed by atoms with Gasteiger partial charge in [-0.15, -0.1) is 0 Å². The Morgan fingerprint density at radius 3 is 2.06 bits per heavy atom. The molecule has 0 radical (unpaired) electrons. The highest BCUT2D eigenvalue weighted by atomic mass is 16.3. The molecule has 1 aromatic rings. The molecule has 0 amide bonds. The Labute approximate surface area is 97.9 Å². The van der Waals surface area contributed by atoms with Crippen LogP contribution in [-0.4, -0.2) is 21.9 Å². The van der Waals surface area contributed by atoms with Gasteiger partial charge in [0.2, 0.25) is 0 Å². The minimum atomic E-state index is -0.997. The van der Waals surface area contributed by atoms with E-state index in [4.69, 9.17) is 0 Å². The predicted octanol–water partition coefficient (Wildman–Crippen LogP) is 2.31. The monoisotopic (exact) mass is 222 g/mol. The molecule has 0 aliphatic rings. The van der Waals surface area contributed by atoms with Gasteiger partial charge in [0.05, 0.1) is 11.7 Å². The van der Waals surface area contributed by atoms with Gasteiger partial charge in [0.15, 0.2) is 0 Å². The number of aliphatic hydroxyl groups is 2. The van der Waals surface area contributed by atoms with E-state index in [9.17, 15) is 10.2 Å². The second-order valence-corrected chi connectivity index (χ2v) is 4.60. The highest BCUT2D eigenvalue weighted by molar-refractivity contribution is 5.23. The first kappa shape index (κ1) is 13.2. The van der Waals surface area contributed by atoms with Crippen LogP contribution in [0.4, 0.5) is 0 Å². The lowest BCUT2D eigenvalue weighted by Gasteiger charge is -2.27. The second kappa shape index (κ2) is 5.46. The van der Waals surface area contributed by atoms with E-state index in [2.05, 4.69) is 19.1 Å². The van der Waals surface area contributed by atoms with Crippen molar-refractivity contribution in [1.29, 1.82) is 0 Å². The zero-order valence-electron chi connectivity index (χ0n) is 10.4. The van der Waals surface area contributed by atoms with Crippen LogP contribution >= 0.6 is 0 Å². The Hall–Kier alpha value is -0.860. The highest BCUT2D eigenvalue weighted by Gasteiger charge is 2.27. The molecule has 0 heterocycles. The van der Waals surface area contributed by atoms with E-state index < -0.39 is 11.7 Å². The lowest BCUT2D eigenvalue weighted by Crippen LogP contribution is -2.39. The van der Waals surface area contributed by atoms with Gasteiger partial charge in [-0.2, -0.15) is 0 Å². The zero-order valence-corrected chi connectivity index (χ0v) is 10.4. The number of hydrogen-bond donors (Lipinski definition) is 2. The first-order valence-electron chi connectivity index (χ1n) is 5.97. The minimum absolute atomic E-state index is 0.505. The molecule has 0 fully saturated rings. The Morgan fingerprint density at radius 1 is 1.12 bits per heavy atom. The molecule has 1 rings (SSSR count). The van der Waals surface area contributed by atoms with Crippen molar-refractivity contribution in [3.8, 4) is 0 Å². The Morgan fingerprint density at radius 2 is 1.62 bits per heavy atom.